The number of phenolic OH excluding ortho intramolecular Hbond substituents is 1. The summed E-state index contributed by atoms with van der Waals surface area (Å²) in [6.07, 6.45) is 0. The van der Waals surface area contributed by atoms with Crippen molar-refractivity contribution in [1.29, 1.82) is 0 Å². The molecule has 0 aliphatic heterocycles. The van der Waals surface area contributed by atoms with E-state index in [1.807, 2.05) is 24.3 Å². The molecule has 0 saturated heterocycles. The molecule has 0 atom stereocenters. The summed E-state index contributed by atoms with van der Waals surface area (Å²) in [6.45, 7) is 0. The quantitative estimate of drug-likeness (QED) is 0.171. The minimum absolute atomic E-state index is 0. The van der Waals surface area contributed by atoms with Crippen LogP contribution in [0.5, 0.6) is 5.75 Å². The molecule has 5 nitrogen and oxygen atoms in total. The number of aromatic amines is 1. The second kappa shape index (κ2) is 11.1. The van der Waals surface area contributed by atoms with Crippen molar-refractivity contribution in [2.24, 2.45) is 0 Å². The molecule has 46 heavy (non-hydrogen) atoms. The number of hydrogen-bond acceptors (Lipinski definition) is 2. The smallest absolute Gasteiger partial charge is 0.139 e. The molecule has 10 aromatic rings. The van der Waals surface area contributed by atoms with Crippen molar-refractivity contribution in [2.75, 3.05) is 0 Å². The van der Waals surface area contributed by atoms with Gasteiger partial charge in [0.25, 0.3) is 0 Å². The summed E-state index contributed by atoms with van der Waals surface area (Å²) in [5.41, 5.74) is 15.0. The maximum Gasteiger partial charge on any atom is 0.139 e. The molecule has 10 rings (SSSR count). The van der Waals surface area contributed by atoms with E-state index in [0.29, 0.717) is 11.0 Å². The van der Waals surface area contributed by atoms with Crippen molar-refractivity contribution in [1.82, 2.24) is 9.55 Å². The van der Waals surface area contributed by atoms with Crippen LogP contribution in [0.1, 0.15) is 0 Å². The molecule has 3 heterocycles. The van der Waals surface area contributed by atoms with E-state index in [1.165, 1.54) is 66.1 Å². The molecule has 0 saturated carbocycles. The van der Waals surface area contributed by atoms with Gasteiger partial charge in [-0.05, 0) is 53.2 Å². The number of aromatic nitrogens is 2. The first-order valence-corrected chi connectivity index (χ1v) is 14.9. The van der Waals surface area contributed by atoms with Gasteiger partial charge in [0, 0.05) is 76.4 Å². The fourth-order valence-corrected chi connectivity index (χ4v) is 6.80. The number of rotatable bonds is 1. The van der Waals surface area contributed by atoms with Crippen LogP contribution in [0.4, 0.5) is 5.69 Å². The minimum Gasteiger partial charge on any atom is -0.696 e. The third-order valence-corrected chi connectivity index (χ3v) is 8.83. The van der Waals surface area contributed by atoms with Gasteiger partial charge >= 0.3 is 0 Å². The van der Waals surface area contributed by atoms with E-state index in [-0.39, 0.29) is 44.1 Å². The monoisotopic (exact) mass is 669 g/mol. The molecule has 0 aliphatic carbocycles. The van der Waals surface area contributed by atoms with Gasteiger partial charge in [0.2, 0.25) is 0 Å². The van der Waals surface area contributed by atoms with Crippen LogP contribution in [0.3, 0.4) is 0 Å². The van der Waals surface area contributed by atoms with Crippen molar-refractivity contribution in [3.63, 3.8) is 0 Å². The second-order valence-corrected chi connectivity index (χ2v) is 11.4. The van der Waals surface area contributed by atoms with Gasteiger partial charge in [-0.2, -0.15) is 0 Å². The number of benzene rings is 7. The van der Waals surface area contributed by atoms with Gasteiger partial charge in [0.15, 0.2) is 0 Å². The van der Waals surface area contributed by atoms with E-state index in [2.05, 4.69) is 113 Å². The average molecular weight is 670 g/mol. The molecule has 0 spiro atoms. The summed E-state index contributed by atoms with van der Waals surface area (Å²) in [5, 5.41) is 19.0. The van der Waals surface area contributed by atoms with Crippen molar-refractivity contribution < 1.29 is 42.2 Å². The van der Waals surface area contributed by atoms with E-state index in [4.69, 9.17) is 10.2 Å². The van der Waals surface area contributed by atoms with Gasteiger partial charge in [-0.25, -0.2) is 0 Å². The van der Waals surface area contributed by atoms with Gasteiger partial charge < -0.3 is 24.8 Å². The third-order valence-electron chi connectivity index (χ3n) is 8.83. The number of furan rings is 1. The Labute approximate surface area is 288 Å². The molecule has 6 heteroatoms. The van der Waals surface area contributed by atoms with Gasteiger partial charge in [0.05, 0.1) is 16.4 Å². The maximum absolute atomic E-state index is 9.80. The number of para-hydroxylation sites is 3. The van der Waals surface area contributed by atoms with E-state index < -0.39 is 0 Å². The fraction of sp³-hybridized carbons (Fsp3) is 0. The summed E-state index contributed by atoms with van der Waals surface area (Å²) >= 11 is 0. The van der Waals surface area contributed by atoms with Gasteiger partial charge in [0.1, 0.15) is 16.9 Å². The van der Waals surface area contributed by atoms with Crippen LogP contribution in [-0.2, 0) is 32.7 Å². The molecule has 0 amide bonds. The summed E-state index contributed by atoms with van der Waals surface area (Å²) < 4.78 is 7.91. The number of nitrogens with zero attached hydrogens (tertiary/aromatic N) is 1. The predicted octanol–water partition coefficient (Wildman–Crippen LogP) is 11.5. The van der Waals surface area contributed by atoms with Crippen LogP contribution < -0.4 is 0 Å². The molecule has 0 unspecified atom stereocenters. The topological polar surface area (TPSA) is 77.9 Å². The Bertz CT molecular complexity index is 2700. The maximum atomic E-state index is 9.80. The number of hydrogen-bond donors (Lipinski definition) is 2. The Balaban J connectivity index is 0.000000165. The number of phenols is 1. The van der Waals surface area contributed by atoms with Crippen LogP contribution in [0, 0.1) is 0 Å². The second-order valence-electron chi connectivity index (χ2n) is 11.4. The molecule has 0 fully saturated rings. The van der Waals surface area contributed by atoms with Crippen molar-refractivity contribution >= 4 is 82.0 Å². The zero-order chi connectivity index (χ0) is 30.1. The Morgan fingerprint density at radius 2 is 1.20 bits per heavy atom. The number of H-pyrrole nitrogens is 1. The first-order chi connectivity index (χ1) is 22.2. The van der Waals surface area contributed by atoms with E-state index >= 15 is 0 Å². The minimum atomic E-state index is -0.0162. The SMILES string of the molecule is [NH-]c1ccc2oc3ccccc3c2c1O.[Y].c1ccc2c(c1)ccc1[nH]c3cc(-n4c5ccccc5c5ccccc54)ccc3c12. The van der Waals surface area contributed by atoms with Crippen molar-refractivity contribution in [2.45, 2.75) is 0 Å². The molecule has 217 valence electrons. The van der Waals surface area contributed by atoms with Gasteiger partial charge in [-0.3, -0.25) is 0 Å². The Morgan fingerprint density at radius 1 is 0.543 bits per heavy atom. The Kier molecular flexibility index (Phi) is 6.82. The third kappa shape index (κ3) is 4.31. The number of aromatic hydroxyl groups is 1. The standard InChI is InChI=1S/C28H18N2.C12H8NO2.Y/c1-2-8-20-18(7-1)13-16-24-28(20)23-15-14-19(17-25(23)29-24)30-26-11-5-3-9-21(26)22-10-4-6-12-27(22)30;13-8-5-6-10-11(12(8)14)7-3-1-2-4-9(7)15-10;/h1-17,29H;1-6,13-14H;/q;-1;. The van der Waals surface area contributed by atoms with Crippen LogP contribution in [0.15, 0.2) is 144 Å². The van der Waals surface area contributed by atoms with Crippen LogP contribution in [0.25, 0.3) is 87.7 Å². The molecule has 0 aliphatic rings. The molecule has 0 bridgehead atoms. The molecular formula is C40H26N3O2Y-. The summed E-state index contributed by atoms with van der Waals surface area (Å²) in [7, 11) is 0. The van der Waals surface area contributed by atoms with E-state index in [1.54, 1.807) is 6.07 Å². The summed E-state index contributed by atoms with van der Waals surface area (Å²) in [6, 6.07) is 47.8. The Morgan fingerprint density at radius 3 is 1.96 bits per heavy atom. The summed E-state index contributed by atoms with van der Waals surface area (Å²) in [4.78, 5) is 3.66. The van der Waals surface area contributed by atoms with Crippen LogP contribution in [0.2, 0.25) is 0 Å². The van der Waals surface area contributed by atoms with E-state index in [9.17, 15) is 5.11 Å². The largest absolute Gasteiger partial charge is 0.696 e. The number of nitrogens with one attached hydrogen (secondary N) is 2. The van der Waals surface area contributed by atoms with Gasteiger partial charge in [-0.15, -0.1) is 0 Å². The molecular weight excluding hydrogens is 643 g/mol. The van der Waals surface area contributed by atoms with Crippen LogP contribution in [-0.4, -0.2) is 14.7 Å². The van der Waals surface area contributed by atoms with Crippen molar-refractivity contribution in [3.05, 3.63) is 145 Å². The van der Waals surface area contributed by atoms with Crippen LogP contribution >= 0.6 is 0 Å². The average Bonchev–Trinajstić information content (AvgIpc) is 3.76. The van der Waals surface area contributed by atoms with E-state index in [0.717, 1.165) is 11.0 Å². The molecule has 3 aromatic heterocycles. The first kappa shape index (κ1) is 28.4. The zero-order valence-electron chi connectivity index (χ0n) is 24.7. The van der Waals surface area contributed by atoms with Crippen molar-refractivity contribution in [3.8, 4) is 11.4 Å². The predicted molar refractivity (Wildman–Crippen MR) is 187 cm³/mol. The Hall–Kier alpha value is -5.10. The fourth-order valence-electron chi connectivity index (χ4n) is 6.80. The number of fused-ring (bicyclic) bond motifs is 11. The molecule has 3 N–H and O–H groups in total. The molecule has 7 aromatic carbocycles. The zero-order valence-corrected chi connectivity index (χ0v) is 27.5. The first-order valence-electron chi connectivity index (χ1n) is 14.9. The molecule has 1 radical (unpaired) electrons. The normalized spacial score (nSPS) is 11.5. The summed E-state index contributed by atoms with van der Waals surface area (Å²) in [5.74, 6) is -0.0162. The van der Waals surface area contributed by atoms with Gasteiger partial charge in [-0.1, -0.05) is 103 Å².